The highest BCUT2D eigenvalue weighted by Gasteiger charge is 2.18. The normalized spacial score (nSPS) is 11.7. The number of hydrogen-bond acceptors (Lipinski definition) is 5. The molecule has 20 heavy (non-hydrogen) atoms. The summed E-state index contributed by atoms with van der Waals surface area (Å²) < 4.78 is 41.2. The van der Waals surface area contributed by atoms with Crippen LogP contribution in [0.15, 0.2) is 35.5 Å². The van der Waals surface area contributed by atoms with Crippen molar-refractivity contribution in [2.24, 2.45) is 0 Å². The van der Waals surface area contributed by atoms with E-state index in [1.807, 2.05) is 0 Å². The molecule has 0 aliphatic heterocycles. The number of rotatable bonds is 6. The first-order chi connectivity index (χ1) is 9.50. The Morgan fingerprint density at radius 2 is 2.20 bits per heavy atom. The molecule has 0 unspecified atom stereocenters. The van der Waals surface area contributed by atoms with Gasteiger partial charge in [-0.2, -0.15) is 0 Å². The van der Waals surface area contributed by atoms with E-state index in [0.29, 0.717) is 13.0 Å². The lowest BCUT2D eigenvalue weighted by atomic mass is 10.3. The van der Waals surface area contributed by atoms with E-state index >= 15 is 0 Å². The highest BCUT2D eigenvalue weighted by Crippen LogP contribution is 2.20. The molecule has 1 aromatic heterocycles. The Morgan fingerprint density at radius 1 is 1.40 bits per heavy atom. The number of aromatic nitrogens is 3. The van der Waals surface area contributed by atoms with Gasteiger partial charge in [0.2, 0.25) is 10.0 Å². The Kier molecular flexibility index (Phi) is 4.30. The van der Waals surface area contributed by atoms with Crippen molar-refractivity contribution in [3.8, 4) is 0 Å². The van der Waals surface area contributed by atoms with E-state index in [9.17, 15) is 12.8 Å². The maximum atomic E-state index is 13.2. The van der Waals surface area contributed by atoms with Gasteiger partial charge in [0.25, 0.3) is 0 Å². The largest absolute Gasteiger partial charge is 0.395 e. The fourth-order valence-electron chi connectivity index (χ4n) is 1.63. The van der Waals surface area contributed by atoms with Crippen molar-refractivity contribution in [1.82, 2.24) is 19.7 Å². The van der Waals surface area contributed by atoms with Crippen LogP contribution in [0, 0.1) is 5.82 Å². The molecule has 0 saturated heterocycles. The van der Waals surface area contributed by atoms with Gasteiger partial charge in [-0.3, -0.25) is 4.68 Å². The summed E-state index contributed by atoms with van der Waals surface area (Å²) in [6.07, 6.45) is 3.74. The summed E-state index contributed by atoms with van der Waals surface area (Å²) in [6.45, 7) is 0.722. The zero-order valence-corrected chi connectivity index (χ0v) is 11.3. The van der Waals surface area contributed by atoms with Crippen molar-refractivity contribution in [1.29, 1.82) is 0 Å². The molecule has 7 nitrogen and oxygen atoms in total. The number of sulfonamides is 1. The van der Waals surface area contributed by atoms with Crippen LogP contribution in [0.5, 0.6) is 0 Å². The van der Waals surface area contributed by atoms with Crippen LogP contribution in [0.25, 0.3) is 0 Å². The van der Waals surface area contributed by atoms with Crippen LogP contribution in [0.3, 0.4) is 0 Å². The van der Waals surface area contributed by atoms with Crippen LogP contribution in [0.1, 0.15) is 6.42 Å². The average Bonchev–Trinajstić information content (AvgIpc) is 2.91. The van der Waals surface area contributed by atoms with Gasteiger partial charge in [0.1, 0.15) is 10.7 Å². The molecule has 0 saturated carbocycles. The highest BCUT2D eigenvalue weighted by atomic mass is 32.2. The van der Waals surface area contributed by atoms with Crippen LogP contribution in [-0.4, -0.2) is 30.0 Å². The van der Waals surface area contributed by atoms with Gasteiger partial charge in [-0.1, -0.05) is 11.3 Å². The first-order valence-electron chi connectivity index (χ1n) is 5.88. The molecule has 1 heterocycles. The molecule has 3 N–H and O–H groups in total. The zero-order chi connectivity index (χ0) is 14.6. The lowest BCUT2D eigenvalue weighted by Gasteiger charge is -2.09. The minimum Gasteiger partial charge on any atom is -0.395 e. The number of halogens is 1. The minimum atomic E-state index is -3.81. The second kappa shape index (κ2) is 5.97. The smallest absolute Gasteiger partial charge is 0.242 e. The Hall–Kier alpha value is -2.00. The van der Waals surface area contributed by atoms with E-state index in [1.165, 1.54) is 18.3 Å². The quantitative estimate of drug-likeness (QED) is 0.592. The summed E-state index contributed by atoms with van der Waals surface area (Å²) in [5, 5.41) is 7.39. The number of benzene rings is 1. The molecule has 0 radical (unpaired) electrons. The second-order valence-electron chi connectivity index (χ2n) is 4.07. The number of nitrogens with two attached hydrogens (primary N) is 1. The third-order valence-electron chi connectivity index (χ3n) is 2.63. The van der Waals surface area contributed by atoms with E-state index in [-0.39, 0.29) is 17.1 Å². The van der Waals surface area contributed by atoms with Crippen molar-refractivity contribution >= 4 is 15.7 Å². The van der Waals surface area contributed by atoms with Crippen LogP contribution < -0.4 is 10.5 Å². The summed E-state index contributed by atoms with van der Waals surface area (Å²) in [6, 6.07) is 3.67. The molecule has 0 aliphatic carbocycles. The van der Waals surface area contributed by atoms with E-state index in [4.69, 9.17) is 5.73 Å². The average molecular weight is 299 g/mol. The predicted molar refractivity (Wildman–Crippen MR) is 70.6 cm³/mol. The van der Waals surface area contributed by atoms with E-state index in [0.717, 1.165) is 6.07 Å². The number of para-hydroxylation sites is 1. The maximum Gasteiger partial charge on any atom is 0.242 e. The first kappa shape index (κ1) is 14.4. The van der Waals surface area contributed by atoms with Crippen molar-refractivity contribution < 1.29 is 12.8 Å². The molecule has 9 heteroatoms. The summed E-state index contributed by atoms with van der Waals surface area (Å²) in [4.78, 5) is -0.252. The van der Waals surface area contributed by atoms with Crippen molar-refractivity contribution in [2.45, 2.75) is 17.9 Å². The van der Waals surface area contributed by atoms with E-state index in [1.54, 1.807) is 10.9 Å². The molecule has 0 aliphatic rings. The van der Waals surface area contributed by atoms with Crippen molar-refractivity contribution in [3.63, 3.8) is 0 Å². The number of nitrogens with one attached hydrogen (secondary N) is 1. The number of anilines is 1. The number of aryl methyl sites for hydroxylation is 1. The Labute approximate surface area is 115 Å². The molecule has 2 rings (SSSR count). The van der Waals surface area contributed by atoms with Gasteiger partial charge in [0.05, 0.1) is 11.9 Å². The molecule has 0 amide bonds. The van der Waals surface area contributed by atoms with Gasteiger partial charge in [0.15, 0.2) is 0 Å². The van der Waals surface area contributed by atoms with Crippen LogP contribution in [-0.2, 0) is 16.6 Å². The van der Waals surface area contributed by atoms with Gasteiger partial charge >= 0.3 is 0 Å². The van der Waals surface area contributed by atoms with Crippen molar-refractivity contribution in [3.05, 3.63) is 36.4 Å². The highest BCUT2D eigenvalue weighted by molar-refractivity contribution is 7.89. The SMILES string of the molecule is Nc1c(F)cccc1S(=O)(=O)NCCCn1ccnn1. The van der Waals surface area contributed by atoms with Crippen LogP contribution >= 0.6 is 0 Å². The maximum absolute atomic E-state index is 13.2. The molecule has 0 bridgehead atoms. The number of hydrogen-bond donors (Lipinski definition) is 2. The number of nitrogens with zero attached hydrogens (tertiary/aromatic N) is 3. The third kappa shape index (κ3) is 3.31. The van der Waals surface area contributed by atoms with Crippen LogP contribution in [0.2, 0.25) is 0 Å². The molecular formula is C11H14FN5O2S. The monoisotopic (exact) mass is 299 g/mol. The molecule has 2 aromatic rings. The van der Waals surface area contributed by atoms with Gasteiger partial charge in [-0.15, -0.1) is 5.10 Å². The van der Waals surface area contributed by atoms with Crippen LogP contribution in [0.4, 0.5) is 10.1 Å². The molecule has 108 valence electrons. The van der Waals surface area contributed by atoms with Crippen molar-refractivity contribution in [2.75, 3.05) is 12.3 Å². The Morgan fingerprint density at radius 3 is 2.90 bits per heavy atom. The molecule has 0 atom stereocenters. The zero-order valence-electron chi connectivity index (χ0n) is 10.5. The standard InChI is InChI=1S/C11H14FN5O2S/c12-9-3-1-4-10(11(9)13)20(18,19)15-5-2-7-17-8-6-14-16-17/h1,3-4,6,8,15H,2,5,7,13H2. The Bertz CT molecular complexity index is 672. The van der Waals surface area contributed by atoms with Gasteiger partial charge in [-0.25, -0.2) is 17.5 Å². The Balaban J connectivity index is 1.95. The van der Waals surface area contributed by atoms with Gasteiger partial charge < -0.3 is 5.73 Å². The van der Waals surface area contributed by atoms with E-state index < -0.39 is 15.8 Å². The lowest BCUT2D eigenvalue weighted by Crippen LogP contribution is -2.26. The summed E-state index contributed by atoms with van der Waals surface area (Å²) in [5.74, 6) is -0.754. The fraction of sp³-hybridized carbons (Fsp3) is 0.273. The topological polar surface area (TPSA) is 103 Å². The summed E-state index contributed by atoms with van der Waals surface area (Å²) in [7, 11) is -3.81. The molecule has 1 aromatic carbocycles. The van der Waals surface area contributed by atoms with E-state index in [2.05, 4.69) is 15.0 Å². The minimum absolute atomic E-state index is 0.193. The predicted octanol–water partition coefficient (Wildman–Crippen LogP) is 0.368. The van der Waals surface area contributed by atoms with Gasteiger partial charge in [-0.05, 0) is 18.6 Å². The summed E-state index contributed by atoms with van der Waals surface area (Å²) >= 11 is 0. The second-order valence-corrected chi connectivity index (χ2v) is 5.80. The van der Waals surface area contributed by atoms with Gasteiger partial charge in [0, 0.05) is 19.3 Å². The fourth-order valence-corrected chi connectivity index (χ4v) is 2.84. The number of nitrogen functional groups attached to an aromatic ring is 1. The molecule has 0 spiro atoms. The third-order valence-corrected chi connectivity index (χ3v) is 4.15. The molecule has 0 fully saturated rings. The first-order valence-corrected chi connectivity index (χ1v) is 7.37. The lowest BCUT2D eigenvalue weighted by molar-refractivity contribution is 0.542. The molecular weight excluding hydrogens is 285 g/mol. The summed E-state index contributed by atoms with van der Waals surface area (Å²) in [5.41, 5.74) is 5.06.